The van der Waals surface area contributed by atoms with E-state index < -0.39 is 0 Å². The largest absolute Gasteiger partial charge is 0.257 e. The van der Waals surface area contributed by atoms with E-state index in [1.165, 1.54) is 30.7 Å². The number of nitrogens with zero attached hydrogens (tertiary/aromatic N) is 1. The Balaban J connectivity index is 2.30. The van der Waals surface area contributed by atoms with Gasteiger partial charge in [0.1, 0.15) is 0 Å². The molecule has 0 radical (unpaired) electrons. The summed E-state index contributed by atoms with van der Waals surface area (Å²) in [5, 5.41) is 0. The van der Waals surface area contributed by atoms with Crippen LogP contribution in [-0.4, -0.2) is 4.98 Å². The standard InChI is InChI=1S/C13H19N/c1-10(2)11-6-4-7-12(14-11)13(3)8-5-9-13/h4,6-7,10H,5,8-9H2,1-3H3. The number of hydrogen-bond donors (Lipinski definition) is 0. The van der Waals surface area contributed by atoms with Crippen LogP contribution in [0.15, 0.2) is 18.2 Å². The summed E-state index contributed by atoms with van der Waals surface area (Å²) in [6.45, 7) is 6.74. The van der Waals surface area contributed by atoms with Crippen molar-refractivity contribution in [1.29, 1.82) is 0 Å². The molecule has 0 amide bonds. The monoisotopic (exact) mass is 189 g/mol. The van der Waals surface area contributed by atoms with Crippen molar-refractivity contribution in [2.24, 2.45) is 0 Å². The van der Waals surface area contributed by atoms with Crippen LogP contribution >= 0.6 is 0 Å². The Labute approximate surface area is 86.6 Å². The van der Waals surface area contributed by atoms with Crippen LogP contribution in [0.4, 0.5) is 0 Å². The Bertz CT molecular complexity index is 324. The molecule has 76 valence electrons. The van der Waals surface area contributed by atoms with Gasteiger partial charge in [-0.2, -0.15) is 0 Å². The van der Waals surface area contributed by atoms with Crippen LogP contribution in [-0.2, 0) is 5.41 Å². The van der Waals surface area contributed by atoms with Gasteiger partial charge in [-0.3, -0.25) is 4.98 Å². The second-order valence-corrected chi connectivity index (χ2v) is 5.02. The summed E-state index contributed by atoms with van der Waals surface area (Å²) in [6, 6.07) is 6.47. The summed E-state index contributed by atoms with van der Waals surface area (Å²) in [4.78, 5) is 4.77. The summed E-state index contributed by atoms with van der Waals surface area (Å²) in [7, 11) is 0. The number of hydrogen-bond acceptors (Lipinski definition) is 1. The molecule has 0 atom stereocenters. The van der Waals surface area contributed by atoms with Crippen molar-refractivity contribution in [3.05, 3.63) is 29.6 Å². The fourth-order valence-corrected chi connectivity index (χ4v) is 2.07. The van der Waals surface area contributed by atoms with Crippen molar-refractivity contribution in [2.45, 2.75) is 51.4 Å². The highest BCUT2D eigenvalue weighted by Gasteiger charge is 2.34. The highest BCUT2D eigenvalue weighted by atomic mass is 14.7. The van der Waals surface area contributed by atoms with E-state index >= 15 is 0 Å². The zero-order valence-corrected chi connectivity index (χ0v) is 9.38. The van der Waals surface area contributed by atoms with Gasteiger partial charge < -0.3 is 0 Å². The first kappa shape index (κ1) is 9.70. The SMILES string of the molecule is CC(C)c1cccc(C2(C)CCC2)n1. The molecular weight excluding hydrogens is 170 g/mol. The van der Waals surface area contributed by atoms with Crippen LogP contribution in [0.3, 0.4) is 0 Å². The van der Waals surface area contributed by atoms with Crippen LogP contribution in [0.2, 0.25) is 0 Å². The molecule has 1 heterocycles. The molecule has 1 heteroatoms. The lowest BCUT2D eigenvalue weighted by Crippen LogP contribution is -2.31. The second kappa shape index (κ2) is 3.38. The first-order valence-electron chi connectivity index (χ1n) is 5.59. The molecule has 1 aromatic heterocycles. The van der Waals surface area contributed by atoms with Crippen LogP contribution in [0.25, 0.3) is 0 Å². The molecular formula is C13H19N. The lowest BCUT2D eigenvalue weighted by molar-refractivity contribution is 0.264. The van der Waals surface area contributed by atoms with Gasteiger partial charge in [0.15, 0.2) is 0 Å². The Kier molecular flexibility index (Phi) is 2.34. The van der Waals surface area contributed by atoms with Gasteiger partial charge >= 0.3 is 0 Å². The fraction of sp³-hybridized carbons (Fsp3) is 0.615. The quantitative estimate of drug-likeness (QED) is 0.692. The van der Waals surface area contributed by atoms with Crippen molar-refractivity contribution < 1.29 is 0 Å². The first-order chi connectivity index (χ1) is 6.62. The van der Waals surface area contributed by atoms with E-state index in [2.05, 4.69) is 39.0 Å². The molecule has 0 N–H and O–H groups in total. The van der Waals surface area contributed by atoms with Gasteiger partial charge in [-0.15, -0.1) is 0 Å². The number of aromatic nitrogens is 1. The minimum atomic E-state index is 0.380. The van der Waals surface area contributed by atoms with E-state index in [4.69, 9.17) is 4.98 Å². The predicted octanol–water partition coefficient (Wildman–Crippen LogP) is 3.65. The van der Waals surface area contributed by atoms with Gasteiger partial charge in [-0.25, -0.2) is 0 Å². The maximum Gasteiger partial charge on any atom is 0.0466 e. The highest BCUT2D eigenvalue weighted by Crippen LogP contribution is 2.42. The van der Waals surface area contributed by atoms with Gasteiger partial charge in [0, 0.05) is 16.8 Å². The Hall–Kier alpha value is -0.850. The zero-order chi connectivity index (χ0) is 10.2. The predicted molar refractivity (Wildman–Crippen MR) is 59.5 cm³/mol. The highest BCUT2D eigenvalue weighted by molar-refractivity contribution is 5.22. The molecule has 0 aromatic carbocycles. The molecule has 0 aliphatic heterocycles. The summed E-state index contributed by atoms with van der Waals surface area (Å²) in [6.07, 6.45) is 3.98. The van der Waals surface area contributed by atoms with E-state index in [1.807, 2.05) is 0 Å². The lowest BCUT2D eigenvalue weighted by atomic mass is 9.68. The molecule has 2 rings (SSSR count). The van der Waals surface area contributed by atoms with Crippen LogP contribution in [0, 0.1) is 0 Å². The topological polar surface area (TPSA) is 12.9 Å². The van der Waals surface area contributed by atoms with Crippen molar-refractivity contribution in [3.63, 3.8) is 0 Å². The summed E-state index contributed by atoms with van der Waals surface area (Å²) in [5.41, 5.74) is 2.91. The first-order valence-corrected chi connectivity index (χ1v) is 5.59. The molecule has 1 aliphatic carbocycles. The van der Waals surface area contributed by atoms with Crippen molar-refractivity contribution in [3.8, 4) is 0 Å². The average Bonchev–Trinajstić information content (AvgIpc) is 2.14. The van der Waals surface area contributed by atoms with Crippen LogP contribution < -0.4 is 0 Å². The molecule has 0 spiro atoms. The Morgan fingerprint density at radius 3 is 2.50 bits per heavy atom. The molecule has 1 nitrogen and oxygen atoms in total. The maximum absolute atomic E-state index is 4.77. The number of rotatable bonds is 2. The minimum Gasteiger partial charge on any atom is -0.257 e. The van der Waals surface area contributed by atoms with Crippen molar-refractivity contribution in [2.75, 3.05) is 0 Å². The molecule has 1 aliphatic rings. The fourth-order valence-electron chi connectivity index (χ4n) is 2.07. The van der Waals surface area contributed by atoms with Gasteiger partial charge in [0.25, 0.3) is 0 Å². The molecule has 1 fully saturated rings. The minimum absolute atomic E-state index is 0.380. The second-order valence-electron chi connectivity index (χ2n) is 5.02. The zero-order valence-electron chi connectivity index (χ0n) is 9.38. The third-order valence-electron chi connectivity index (χ3n) is 3.44. The van der Waals surface area contributed by atoms with Crippen LogP contribution in [0.1, 0.15) is 57.3 Å². The van der Waals surface area contributed by atoms with Gasteiger partial charge in [0.05, 0.1) is 0 Å². The third-order valence-corrected chi connectivity index (χ3v) is 3.44. The molecule has 0 unspecified atom stereocenters. The maximum atomic E-state index is 4.77. The molecule has 1 aromatic rings. The van der Waals surface area contributed by atoms with Gasteiger partial charge in [-0.05, 0) is 30.9 Å². The van der Waals surface area contributed by atoms with E-state index in [0.717, 1.165) is 0 Å². The Morgan fingerprint density at radius 1 is 1.29 bits per heavy atom. The summed E-state index contributed by atoms with van der Waals surface area (Å²) in [5.74, 6) is 0.540. The van der Waals surface area contributed by atoms with E-state index in [9.17, 15) is 0 Å². The van der Waals surface area contributed by atoms with Gasteiger partial charge in [0.2, 0.25) is 0 Å². The molecule has 1 saturated carbocycles. The van der Waals surface area contributed by atoms with Crippen molar-refractivity contribution in [1.82, 2.24) is 4.98 Å². The van der Waals surface area contributed by atoms with E-state index in [-0.39, 0.29) is 0 Å². The normalized spacial score (nSPS) is 19.4. The average molecular weight is 189 g/mol. The smallest absolute Gasteiger partial charge is 0.0466 e. The lowest BCUT2D eigenvalue weighted by Gasteiger charge is -2.38. The van der Waals surface area contributed by atoms with Crippen molar-refractivity contribution >= 4 is 0 Å². The molecule has 14 heavy (non-hydrogen) atoms. The summed E-state index contributed by atoms with van der Waals surface area (Å²) >= 11 is 0. The Morgan fingerprint density at radius 2 is 2.00 bits per heavy atom. The van der Waals surface area contributed by atoms with E-state index in [0.29, 0.717) is 11.3 Å². The van der Waals surface area contributed by atoms with E-state index in [1.54, 1.807) is 0 Å². The molecule has 0 bridgehead atoms. The van der Waals surface area contributed by atoms with Gasteiger partial charge in [-0.1, -0.05) is 33.3 Å². The third kappa shape index (κ3) is 1.56. The number of pyridine rings is 1. The molecule has 0 saturated heterocycles. The summed E-state index contributed by atoms with van der Waals surface area (Å²) < 4.78 is 0. The van der Waals surface area contributed by atoms with Crippen LogP contribution in [0.5, 0.6) is 0 Å².